The lowest BCUT2D eigenvalue weighted by atomic mass is 10.0. The Morgan fingerprint density at radius 3 is 2.40 bits per heavy atom. The Kier molecular flexibility index (Phi) is 3.96. The van der Waals surface area contributed by atoms with Crippen molar-refractivity contribution in [2.24, 2.45) is 0 Å². The Labute approximate surface area is 144 Å². The van der Waals surface area contributed by atoms with Gasteiger partial charge in [0.15, 0.2) is 0 Å². The second-order valence-corrected chi connectivity index (χ2v) is 5.82. The molecule has 3 rings (SSSR count). The number of amides is 2. The molecule has 0 fully saturated rings. The summed E-state index contributed by atoms with van der Waals surface area (Å²) in [6.45, 7) is 3.57. The number of hydrogen-bond donors (Lipinski definition) is 0. The zero-order valence-electron chi connectivity index (χ0n) is 13.6. The number of nitriles is 2. The van der Waals surface area contributed by atoms with Gasteiger partial charge in [-0.05, 0) is 38.1 Å². The molecule has 0 saturated heterocycles. The van der Waals surface area contributed by atoms with Gasteiger partial charge in [-0.15, -0.1) is 0 Å². The number of nitrogens with zero attached hydrogens (tertiary/aromatic N) is 3. The van der Waals surface area contributed by atoms with E-state index in [4.69, 9.17) is 14.9 Å². The van der Waals surface area contributed by atoms with Crippen molar-refractivity contribution in [3.05, 3.63) is 52.8 Å². The molecule has 1 aromatic heterocycles. The quantitative estimate of drug-likeness (QED) is 0.634. The van der Waals surface area contributed by atoms with Crippen LogP contribution in [0.25, 0.3) is 17.4 Å². The van der Waals surface area contributed by atoms with E-state index in [2.05, 4.69) is 0 Å². The molecule has 0 N–H and O–H groups in total. The molecule has 122 valence electrons. The number of rotatable bonds is 3. The van der Waals surface area contributed by atoms with E-state index in [1.165, 1.54) is 11.0 Å². The smallest absolute Gasteiger partial charge is 0.261 e. The molecule has 25 heavy (non-hydrogen) atoms. The molecule has 0 saturated carbocycles. The lowest BCUT2D eigenvalue weighted by molar-refractivity contribution is 0.0609. The number of allylic oxidation sites excluding steroid dienone is 1. The van der Waals surface area contributed by atoms with Crippen molar-refractivity contribution in [3.8, 4) is 23.5 Å². The Balaban J connectivity index is 1.99. The van der Waals surface area contributed by atoms with Crippen LogP contribution in [0, 0.1) is 22.7 Å². The van der Waals surface area contributed by atoms with E-state index < -0.39 is 0 Å². The van der Waals surface area contributed by atoms with Crippen LogP contribution in [0.4, 0.5) is 0 Å². The number of benzene rings is 1. The second-order valence-electron chi connectivity index (χ2n) is 5.82. The number of hydrogen-bond acceptors (Lipinski definition) is 5. The predicted molar refractivity (Wildman–Crippen MR) is 89.0 cm³/mol. The summed E-state index contributed by atoms with van der Waals surface area (Å²) in [4.78, 5) is 26.0. The molecule has 1 aromatic carbocycles. The molecule has 0 unspecified atom stereocenters. The van der Waals surface area contributed by atoms with Crippen LogP contribution >= 0.6 is 0 Å². The fourth-order valence-corrected chi connectivity index (χ4v) is 2.70. The molecule has 0 spiro atoms. The molecule has 2 aromatic rings. The van der Waals surface area contributed by atoms with Gasteiger partial charge >= 0.3 is 0 Å². The molecule has 2 amide bonds. The van der Waals surface area contributed by atoms with Gasteiger partial charge in [-0.3, -0.25) is 14.5 Å². The normalized spacial score (nSPS) is 12.8. The van der Waals surface area contributed by atoms with E-state index in [9.17, 15) is 9.59 Å². The first kappa shape index (κ1) is 16.2. The first-order chi connectivity index (χ1) is 12.0. The summed E-state index contributed by atoms with van der Waals surface area (Å²) in [5.74, 6) is 0.226. The third kappa shape index (κ3) is 2.71. The summed E-state index contributed by atoms with van der Waals surface area (Å²) >= 11 is 0. The molecule has 6 nitrogen and oxygen atoms in total. The average molecular weight is 331 g/mol. The van der Waals surface area contributed by atoms with E-state index in [1.807, 2.05) is 0 Å². The number of carbonyl (C=O) groups is 2. The van der Waals surface area contributed by atoms with Crippen molar-refractivity contribution in [3.63, 3.8) is 0 Å². The summed E-state index contributed by atoms with van der Waals surface area (Å²) in [6, 6.07) is 11.6. The van der Waals surface area contributed by atoms with Crippen LogP contribution < -0.4 is 0 Å². The third-order valence-corrected chi connectivity index (χ3v) is 3.87. The molecule has 0 atom stereocenters. The molecular formula is C19H13N3O3. The summed E-state index contributed by atoms with van der Waals surface area (Å²) in [7, 11) is 0. The van der Waals surface area contributed by atoms with Crippen molar-refractivity contribution in [2.75, 3.05) is 0 Å². The minimum atomic E-state index is -0.320. The Bertz CT molecular complexity index is 984. The zero-order valence-corrected chi connectivity index (χ0v) is 13.6. The number of carbonyl (C=O) groups excluding carboxylic acids is 2. The first-order valence-electron chi connectivity index (χ1n) is 7.60. The highest BCUT2D eigenvalue weighted by molar-refractivity contribution is 6.21. The lowest BCUT2D eigenvalue weighted by Gasteiger charge is -2.17. The first-order valence-corrected chi connectivity index (χ1v) is 7.60. The van der Waals surface area contributed by atoms with Gasteiger partial charge in [-0.25, -0.2) is 0 Å². The molecule has 2 heterocycles. The third-order valence-electron chi connectivity index (χ3n) is 3.87. The average Bonchev–Trinajstić information content (AvgIpc) is 3.16. The summed E-state index contributed by atoms with van der Waals surface area (Å²) in [5, 5.41) is 17.6. The number of imide groups is 1. The van der Waals surface area contributed by atoms with E-state index in [-0.39, 0.29) is 23.4 Å². The molecule has 0 aliphatic carbocycles. The highest BCUT2D eigenvalue weighted by atomic mass is 16.3. The van der Waals surface area contributed by atoms with E-state index >= 15 is 0 Å². The maximum atomic E-state index is 12.5. The maximum absolute atomic E-state index is 12.5. The fraction of sp³-hybridized carbons (Fsp3) is 0.158. The Morgan fingerprint density at radius 1 is 1.08 bits per heavy atom. The van der Waals surface area contributed by atoms with Crippen LogP contribution in [0.1, 0.15) is 40.3 Å². The molecular weight excluding hydrogens is 318 g/mol. The van der Waals surface area contributed by atoms with Crippen molar-refractivity contribution < 1.29 is 14.0 Å². The minimum Gasteiger partial charge on any atom is -0.457 e. The van der Waals surface area contributed by atoms with Gasteiger partial charge in [-0.2, -0.15) is 10.5 Å². The molecule has 0 radical (unpaired) electrons. The van der Waals surface area contributed by atoms with Crippen LogP contribution in [-0.4, -0.2) is 22.8 Å². The molecule has 1 aliphatic heterocycles. The molecule has 1 aliphatic rings. The Hall–Kier alpha value is -3.64. The largest absolute Gasteiger partial charge is 0.457 e. The van der Waals surface area contributed by atoms with Gasteiger partial charge in [-0.1, -0.05) is 6.07 Å². The van der Waals surface area contributed by atoms with Gasteiger partial charge in [0.2, 0.25) is 0 Å². The van der Waals surface area contributed by atoms with Gasteiger partial charge in [0.05, 0.1) is 11.1 Å². The summed E-state index contributed by atoms with van der Waals surface area (Å²) in [5.41, 5.74) is 1.30. The standard InChI is InChI=1S/C19H13N3O3/c1-11(2)22-18(23)15-5-3-13(8-16(15)19(22)24)17-6-4-14(25-17)7-12(9-20)10-21/h3-8,11H,1-2H3. The van der Waals surface area contributed by atoms with Gasteiger partial charge < -0.3 is 4.42 Å². The highest BCUT2D eigenvalue weighted by Gasteiger charge is 2.37. The van der Waals surface area contributed by atoms with Gasteiger partial charge in [0, 0.05) is 17.7 Å². The fourth-order valence-electron chi connectivity index (χ4n) is 2.70. The van der Waals surface area contributed by atoms with E-state index in [1.54, 1.807) is 56.3 Å². The van der Waals surface area contributed by atoms with Crippen molar-refractivity contribution >= 4 is 17.9 Å². The molecule has 0 bridgehead atoms. The van der Waals surface area contributed by atoms with E-state index in [0.717, 1.165) is 0 Å². The monoisotopic (exact) mass is 331 g/mol. The number of furan rings is 1. The highest BCUT2D eigenvalue weighted by Crippen LogP contribution is 2.30. The predicted octanol–water partition coefficient (Wildman–Crippen LogP) is 3.38. The van der Waals surface area contributed by atoms with Crippen molar-refractivity contribution in [2.45, 2.75) is 19.9 Å². The van der Waals surface area contributed by atoms with Crippen LogP contribution in [-0.2, 0) is 0 Å². The van der Waals surface area contributed by atoms with E-state index in [0.29, 0.717) is 28.2 Å². The van der Waals surface area contributed by atoms with Crippen molar-refractivity contribution in [1.29, 1.82) is 10.5 Å². The topological polar surface area (TPSA) is 98.1 Å². The molecule has 6 heteroatoms. The zero-order chi connectivity index (χ0) is 18.1. The summed E-state index contributed by atoms with van der Waals surface area (Å²) in [6.07, 6.45) is 1.34. The van der Waals surface area contributed by atoms with Gasteiger partial charge in [0.25, 0.3) is 11.8 Å². The minimum absolute atomic E-state index is 0.0665. The maximum Gasteiger partial charge on any atom is 0.261 e. The SMILES string of the molecule is CC(C)N1C(=O)c2ccc(-c3ccc(C=C(C#N)C#N)o3)cc2C1=O. The van der Waals surface area contributed by atoms with Crippen LogP contribution in [0.15, 0.2) is 40.3 Å². The second kappa shape index (κ2) is 6.10. The van der Waals surface area contributed by atoms with Crippen LogP contribution in [0.2, 0.25) is 0 Å². The van der Waals surface area contributed by atoms with Crippen LogP contribution in [0.5, 0.6) is 0 Å². The number of fused-ring (bicyclic) bond motifs is 1. The lowest BCUT2D eigenvalue weighted by Crippen LogP contribution is -2.35. The summed E-state index contributed by atoms with van der Waals surface area (Å²) < 4.78 is 5.61. The van der Waals surface area contributed by atoms with Crippen molar-refractivity contribution in [1.82, 2.24) is 4.90 Å². The van der Waals surface area contributed by atoms with Gasteiger partial charge in [0.1, 0.15) is 29.2 Å². The Morgan fingerprint density at radius 2 is 1.76 bits per heavy atom. The van der Waals surface area contributed by atoms with Crippen LogP contribution in [0.3, 0.4) is 0 Å².